The summed E-state index contributed by atoms with van der Waals surface area (Å²) in [6, 6.07) is 0. The molecule has 0 spiro atoms. The van der Waals surface area contributed by atoms with Crippen molar-refractivity contribution in [2.24, 2.45) is 0 Å². The maximum atomic E-state index is 5.57. The van der Waals surface area contributed by atoms with Gasteiger partial charge in [-0.15, -0.1) is 0 Å². The smallest absolute Gasteiger partial charge is 0.0990 e. The molecule has 0 radical (unpaired) electrons. The number of rotatable bonds is 4. The molecule has 1 nitrogen and oxygen atoms in total. The van der Waals surface area contributed by atoms with E-state index in [0.29, 0.717) is 0 Å². The van der Waals surface area contributed by atoms with Crippen LogP contribution in [0.15, 0.2) is 23.7 Å². The van der Waals surface area contributed by atoms with Crippen molar-refractivity contribution in [1.29, 1.82) is 0 Å². The summed E-state index contributed by atoms with van der Waals surface area (Å²) in [6.07, 6.45) is 5.96. The summed E-state index contributed by atoms with van der Waals surface area (Å²) in [4.78, 5) is 0. The van der Waals surface area contributed by atoms with Crippen molar-refractivity contribution < 1.29 is 4.74 Å². The normalized spacial score (nSPS) is 13.5. The molecule has 0 aromatic rings. The molecule has 0 amide bonds. The summed E-state index contributed by atoms with van der Waals surface area (Å²) in [5.74, 6) is 2.11. The van der Waals surface area contributed by atoms with Gasteiger partial charge in [-0.25, -0.2) is 0 Å². The van der Waals surface area contributed by atoms with E-state index in [9.17, 15) is 0 Å². The van der Waals surface area contributed by atoms with Crippen LogP contribution in [0.2, 0.25) is 0 Å². The molecule has 0 rings (SSSR count). The first kappa shape index (κ1) is 10.3. The Balaban J connectivity index is 4.00. The molecule has 0 aliphatic heterocycles. The fraction of sp³-hybridized carbons (Fsp3) is 0.600. The van der Waals surface area contributed by atoms with Gasteiger partial charge in [0.1, 0.15) is 0 Å². The molecule has 0 aliphatic carbocycles. The summed E-state index contributed by atoms with van der Waals surface area (Å²) >= 11 is 0. The Morgan fingerprint density at radius 1 is 1.00 bits per heavy atom. The maximum absolute atomic E-state index is 5.57. The van der Waals surface area contributed by atoms with Crippen LogP contribution in [-0.2, 0) is 4.74 Å². The summed E-state index contributed by atoms with van der Waals surface area (Å²) in [5.41, 5.74) is 0. The van der Waals surface area contributed by atoms with Crippen LogP contribution in [0.1, 0.15) is 40.5 Å². The van der Waals surface area contributed by atoms with Crippen molar-refractivity contribution in [1.82, 2.24) is 0 Å². The van der Waals surface area contributed by atoms with Crippen molar-refractivity contribution in [3.05, 3.63) is 23.7 Å². The zero-order chi connectivity index (χ0) is 8.69. The second kappa shape index (κ2) is 6.02. The van der Waals surface area contributed by atoms with Gasteiger partial charge in [0, 0.05) is 12.8 Å². The lowest BCUT2D eigenvalue weighted by molar-refractivity contribution is 0.282. The van der Waals surface area contributed by atoms with E-state index in [0.717, 1.165) is 24.4 Å². The summed E-state index contributed by atoms with van der Waals surface area (Å²) in [6.45, 7) is 8.19. The van der Waals surface area contributed by atoms with E-state index in [1.54, 1.807) is 0 Å². The second-order valence-electron chi connectivity index (χ2n) is 2.32. The summed E-state index contributed by atoms with van der Waals surface area (Å²) < 4.78 is 5.57. The van der Waals surface area contributed by atoms with Gasteiger partial charge < -0.3 is 4.74 Å². The van der Waals surface area contributed by atoms with Crippen molar-refractivity contribution >= 4 is 0 Å². The van der Waals surface area contributed by atoms with Crippen LogP contribution in [-0.4, -0.2) is 0 Å². The molecule has 0 bridgehead atoms. The molecular weight excluding hydrogens is 136 g/mol. The zero-order valence-corrected chi connectivity index (χ0v) is 7.98. The van der Waals surface area contributed by atoms with Gasteiger partial charge in [0.2, 0.25) is 0 Å². The minimum Gasteiger partial charge on any atom is -0.467 e. The molecule has 0 aromatic carbocycles. The van der Waals surface area contributed by atoms with Crippen molar-refractivity contribution in [3.63, 3.8) is 0 Å². The molecule has 64 valence electrons. The highest BCUT2D eigenvalue weighted by Crippen LogP contribution is 2.11. The van der Waals surface area contributed by atoms with Gasteiger partial charge in [0.05, 0.1) is 11.5 Å². The van der Waals surface area contributed by atoms with E-state index in [-0.39, 0.29) is 0 Å². The van der Waals surface area contributed by atoms with E-state index >= 15 is 0 Å². The van der Waals surface area contributed by atoms with Crippen LogP contribution in [0, 0.1) is 0 Å². The fourth-order valence-corrected chi connectivity index (χ4v) is 0.839. The van der Waals surface area contributed by atoms with E-state index in [1.807, 2.05) is 26.0 Å². The standard InChI is InChI=1S/C10H18O/c1-5-9(6-2)11-10(7-3)8-4/h5,7H,6,8H2,1-4H3/b9-5-,10-7+. The lowest BCUT2D eigenvalue weighted by Crippen LogP contribution is -1.90. The lowest BCUT2D eigenvalue weighted by atomic mass is 10.3. The van der Waals surface area contributed by atoms with Gasteiger partial charge in [-0.3, -0.25) is 0 Å². The Kier molecular flexibility index (Phi) is 5.63. The first-order chi connectivity index (χ1) is 5.28. The van der Waals surface area contributed by atoms with Crippen LogP contribution in [0.4, 0.5) is 0 Å². The highest BCUT2D eigenvalue weighted by Gasteiger charge is 1.96. The van der Waals surface area contributed by atoms with Crippen molar-refractivity contribution in [2.75, 3.05) is 0 Å². The molecular formula is C10H18O. The number of ether oxygens (including phenoxy) is 1. The Labute approximate surface area is 69.8 Å². The van der Waals surface area contributed by atoms with Gasteiger partial charge in [0.25, 0.3) is 0 Å². The SMILES string of the molecule is C/C=C(/CC)O/C(=C/C)CC. The van der Waals surface area contributed by atoms with Gasteiger partial charge in [0.15, 0.2) is 0 Å². The molecule has 0 saturated heterocycles. The lowest BCUT2D eigenvalue weighted by Gasteiger charge is -2.08. The molecule has 0 unspecified atom stereocenters. The number of hydrogen-bond donors (Lipinski definition) is 0. The molecule has 0 saturated carbocycles. The minimum absolute atomic E-state index is 0.966. The highest BCUT2D eigenvalue weighted by atomic mass is 16.5. The summed E-state index contributed by atoms with van der Waals surface area (Å²) in [7, 11) is 0. The predicted molar refractivity (Wildman–Crippen MR) is 49.2 cm³/mol. The van der Waals surface area contributed by atoms with Crippen molar-refractivity contribution in [2.45, 2.75) is 40.5 Å². The second-order valence-corrected chi connectivity index (χ2v) is 2.32. The van der Waals surface area contributed by atoms with Crippen LogP contribution < -0.4 is 0 Å². The fourth-order valence-electron chi connectivity index (χ4n) is 0.839. The molecule has 11 heavy (non-hydrogen) atoms. The Morgan fingerprint density at radius 2 is 1.36 bits per heavy atom. The predicted octanol–water partition coefficient (Wildman–Crippen LogP) is 3.63. The molecule has 0 fully saturated rings. The molecule has 0 aromatic heterocycles. The van der Waals surface area contributed by atoms with Crippen LogP contribution in [0.25, 0.3) is 0 Å². The Morgan fingerprint density at radius 3 is 1.55 bits per heavy atom. The maximum Gasteiger partial charge on any atom is 0.0990 e. The van der Waals surface area contributed by atoms with E-state index in [2.05, 4.69) is 13.8 Å². The summed E-state index contributed by atoms with van der Waals surface area (Å²) in [5, 5.41) is 0. The molecule has 0 heterocycles. The van der Waals surface area contributed by atoms with Crippen LogP contribution >= 0.6 is 0 Å². The first-order valence-corrected chi connectivity index (χ1v) is 4.26. The van der Waals surface area contributed by atoms with Crippen molar-refractivity contribution in [3.8, 4) is 0 Å². The van der Waals surface area contributed by atoms with Gasteiger partial charge in [-0.05, 0) is 26.0 Å². The van der Waals surface area contributed by atoms with E-state index < -0.39 is 0 Å². The third-order valence-electron chi connectivity index (χ3n) is 1.60. The topological polar surface area (TPSA) is 9.23 Å². The minimum atomic E-state index is 0.966. The average Bonchev–Trinajstić information content (AvgIpc) is 2.07. The molecule has 0 N–H and O–H groups in total. The van der Waals surface area contributed by atoms with Gasteiger partial charge in [-0.2, -0.15) is 0 Å². The van der Waals surface area contributed by atoms with Gasteiger partial charge in [-0.1, -0.05) is 13.8 Å². The number of hydrogen-bond acceptors (Lipinski definition) is 1. The molecule has 1 heteroatoms. The third-order valence-corrected chi connectivity index (χ3v) is 1.60. The van der Waals surface area contributed by atoms with E-state index in [1.165, 1.54) is 0 Å². The Hall–Kier alpha value is -0.720. The zero-order valence-electron chi connectivity index (χ0n) is 7.98. The average molecular weight is 154 g/mol. The highest BCUT2D eigenvalue weighted by molar-refractivity contribution is 4.99. The first-order valence-electron chi connectivity index (χ1n) is 4.26. The molecule has 0 aliphatic rings. The monoisotopic (exact) mass is 154 g/mol. The van der Waals surface area contributed by atoms with E-state index in [4.69, 9.17) is 4.74 Å². The quantitative estimate of drug-likeness (QED) is 0.562. The Bertz CT molecular complexity index is 136. The van der Waals surface area contributed by atoms with Gasteiger partial charge >= 0.3 is 0 Å². The largest absolute Gasteiger partial charge is 0.467 e. The molecule has 0 atom stereocenters. The van der Waals surface area contributed by atoms with Crippen LogP contribution in [0.5, 0.6) is 0 Å². The third kappa shape index (κ3) is 3.87. The van der Waals surface area contributed by atoms with Crippen LogP contribution in [0.3, 0.4) is 0 Å². The number of allylic oxidation sites excluding steroid dienone is 4.